The summed E-state index contributed by atoms with van der Waals surface area (Å²) in [6, 6.07) is 4.64. The van der Waals surface area contributed by atoms with Gasteiger partial charge < -0.3 is 14.2 Å². The second-order valence-electron chi connectivity index (χ2n) is 4.46. The summed E-state index contributed by atoms with van der Waals surface area (Å²) in [6.07, 6.45) is 2.33. The maximum absolute atomic E-state index is 12.1. The van der Waals surface area contributed by atoms with Gasteiger partial charge in [-0.3, -0.25) is 14.4 Å². The highest BCUT2D eigenvalue weighted by Crippen LogP contribution is 2.32. The van der Waals surface area contributed by atoms with E-state index < -0.39 is 11.8 Å². The van der Waals surface area contributed by atoms with Crippen molar-refractivity contribution in [2.75, 3.05) is 14.2 Å². The van der Waals surface area contributed by atoms with Gasteiger partial charge in [-0.25, -0.2) is 0 Å². The van der Waals surface area contributed by atoms with Crippen LogP contribution in [-0.4, -0.2) is 31.8 Å². The Balaban J connectivity index is 2.43. The summed E-state index contributed by atoms with van der Waals surface area (Å²) in [4.78, 5) is 35.0. The fourth-order valence-corrected chi connectivity index (χ4v) is 2.01. The molecule has 0 radical (unpaired) electrons. The summed E-state index contributed by atoms with van der Waals surface area (Å²) in [5.41, 5.74) is 0.642. The summed E-state index contributed by atoms with van der Waals surface area (Å²) in [5, 5.41) is 0. The van der Waals surface area contributed by atoms with Crippen LogP contribution in [0.5, 0.6) is 11.5 Å². The Labute approximate surface area is 127 Å². The van der Waals surface area contributed by atoms with Gasteiger partial charge in [0.2, 0.25) is 5.78 Å². The molecule has 6 heteroatoms. The van der Waals surface area contributed by atoms with Crippen LogP contribution < -0.4 is 9.47 Å². The number of esters is 1. The second kappa shape index (κ2) is 6.26. The first-order chi connectivity index (χ1) is 10.5. The molecule has 1 aliphatic carbocycles. The van der Waals surface area contributed by atoms with Crippen molar-refractivity contribution in [3.05, 3.63) is 41.7 Å². The van der Waals surface area contributed by atoms with Gasteiger partial charge in [0.15, 0.2) is 23.0 Å². The van der Waals surface area contributed by atoms with Crippen molar-refractivity contribution in [2.24, 2.45) is 0 Å². The van der Waals surface area contributed by atoms with Gasteiger partial charge in [-0.15, -0.1) is 0 Å². The van der Waals surface area contributed by atoms with E-state index in [9.17, 15) is 14.4 Å². The van der Waals surface area contributed by atoms with Crippen LogP contribution >= 0.6 is 0 Å². The van der Waals surface area contributed by atoms with Crippen molar-refractivity contribution in [1.29, 1.82) is 0 Å². The van der Waals surface area contributed by atoms with Crippen LogP contribution in [-0.2, 0) is 19.1 Å². The Morgan fingerprint density at radius 3 is 2.27 bits per heavy atom. The minimum atomic E-state index is -0.517. The summed E-state index contributed by atoms with van der Waals surface area (Å²) in [5.74, 6) is -0.769. The number of carbonyl (C=O) groups excluding carboxylic acids is 3. The number of ketones is 2. The molecule has 1 aromatic carbocycles. The van der Waals surface area contributed by atoms with Crippen LogP contribution in [0, 0.1) is 0 Å². The number of ether oxygens (including phenoxy) is 3. The summed E-state index contributed by atoms with van der Waals surface area (Å²) in [7, 11) is 2.76. The van der Waals surface area contributed by atoms with Crippen molar-refractivity contribution >= 4 is 23.1 Å². The molecule has 22 heavy (non-hydrogen) atoms. The van der Waals surface area contributed by atoms with Gasteiger partial charge in [0.05, 0.1) is 14.2 Å². The molecular weight excluding hydrogens is 288 g/mol. The lowest BCUT2D eigenvalue weighted by molar-refractivity contribution is -0.132. The molecule has 1 aliphatic rings. The van der Waals surface area contributed by atoms with Crippen LogP contribution in [0.3, 0.4) is 0 Å². The SMILES string of the molecule is COC1=CC(=O)C(c2ccc(OC)c(OC(C)=O)c2)=CC1=O. The van der Waals surface area contributed by atoms with Crippen molar-refractivity contribution < 1.29 is 28.6 Å². The highest BCUT2D eigenvalue weighted by atomic mass is 16.6. The number of methoxy groups -OCH3 is 2. The van der Waals surface area contributed by atoms with Gasteiger partial charge in [0, 0.05) is 24.6 Å². The third-order valence-electron chi connectivity index (χ3n) is 2.99. The minimum Gasteiger partial charge on any atom is -0.493 e. The van der Waals surface area contributed by atoms with E-state index in [0.717, 1.165) is 6.08 Å². The first-order valence-corrected chi connectivity index (χ1v) is 6.39. The van der Waals surface area contributed by atoms with Gasteiger partial charge in [0.25, 0.3) is 0 Å². The van der Waals surface area contributed by atoms with Gasteiger partial charge >= 0.3 is 5.97 Å². The molecule has 0 heterocycles. The summed E-state index contributed by atoms with van der Waals surface area (Å²) in [6.45, 7) is 1.26. The standard InChI is InChI=1S/C16H14O6/c1-9(17)22-16-6-10(4-5-14(16)20-2)11-7-13(19)15(21-3)8-12(11)18/h4-8H,1-3H3. The van der Waals surface area contributed by atoms with Gasteiger partial charge in [-0.2, -0.15) is 0 Å². The summed E-state index contributed by atoms with van der Waals surface area (Å²) < 4.78 is 15.0. The molecule has 0 N–H and O–H groups in total. The molecule has 0 amide bonds. The first kappa shape index (κ1) is 15.5. The second-order valence-corrected chi connectivity index (χ2v) is 4.46. The molecule has 0 fully saturated rings. The lowest BCUT2D eigenvalue weighted by Crippen LogP contribution is -2.13. The molecule has 0 saturated carbocycles. The van der Waals surface area contributed by atoms with E-state index in [4.69, 9.17) is 14.2 Å². The average molecular weight is 302 g/mol. The van der Waals surface area contributed by atoms with E-state index in [-0.39, 0.29) is 22.9 Å². The smallest absolute Gasteiger partial charge is 0.308 e. The zero-order chi connectivity index (χ0) is 16.3. The fourth-order valence-electron chi connectivity index (χ4n) is 2.01. The Hall–Kier alpha value is -2.89. The number of allylic oxidation sites excluding steroid dienone is 3. The highest BCUT2D eigenvalue weighted by Gasteiger charge is 2.23. The van der Waals surface area contributed by atoms with Crippen LogP contribution in [0.1, 0.15) is 12.5 Å². The molecule has 0 aliphatic heterocycles. The predicted octanol–water partition coefficient (Wildman–Crippen LogP) is 1.69. The lowest BCUT2D eigenvalue weighted by Gasteiger charge is -2.14. The maximum Gasteiger partial charge on any atom is 0.308 e. The molecular formula is C16H14O6. The van der Waals surface area contributed by atoms with Crippen molar-refractivity contribution in [3.63, 3.8) is 0 Å². The van der Waals surface area contributed by atoms with E-state index in [1.807, 2.05) is 0 Å². The van der Waals surface area contributed by atoms with E-state index in [2.05, 4.69) is 0 Å². The molecule has 2 rings (SSSR count). The monoisotopic (exact) mass is 302 g/mol. The van der Waals surface area contributed by atoms with Crippen molar-refractivity contribution in [1.82, 2.24) is 0 Å². The van der Waals surface area contributed by atoms with Crippen molar-refractivity contribution in [3.8, 4) is 11.5 Å². The van der Waals surface area contributed by atoms with Crippen LogP contribution in [0.25, 0.3) is 5.57 Å². The van der Waals surface area contributed by atoms with Crippen LogP contribution in [0.15, 0.2) is 36.1 Å². The Bertz CT molecular complexity index is 711. The average Bonchev–Trinajstić information content (AvgIpc) is 2.48. The molecule has 0 aromatic heterocycles. The topological polar surface area (TPSA) is 78.9 Å². The van der Waals surface area contributed by atoms with Gasteiger partial charge in [0.1, 0.15) is 0 Å². The van der Waals surface area contributed by atoms with E-state index in [1.165, 1.54) is 33.3 Å². The molecule has 0 bridgehead atoms. The number of hydrogen-bond acceptors (Lipinski definition) is 6. The quantitative estimate of drug-likeness (QED) is 0.478. The zero-order valence-electron chi connectivity index (χ0n) is 12.3. The molecule has 0 atom stereocenters. The lowest BCUT2D eigenvalue weighted by atomic mass is 9.95. The number of rotatable bonds is 4. The molecule has 1 aromatic rings. The Morgan fingerprint density at radius 2 is 1.68 bits per heavy atom. The number of benzene rings is 1. The Kier molecular flexibility index (Phi) is 4.41. The molecule has 0 unspecified atom stereocenters. The van der Waals surface area contributed by atoms with Crippen LogP contribution in [0.2, 0.25) is 0 Å². The molecule has 0 saturated heterocycles. The minimum absolute atomic E-state index is 0.0116. The van der Waals surface area contributed by atoms with Crippen LogP contribution in [0.4, 0.5) is 0 Å². The van der Waals surface area contributed by atoms with E-state index in [1.54, 1.807) is 12.1 Å². The zero-order valence-corrected chi connectivity index (χ0v) is 12.3. The third-order valence-corrected chi connectivity index (χ3v) is 2.99. The molecule has 114 valence electrons. The van der Waals surface area contributed by atoms with Crippen molar-refractivity contribution in [2.45, 2.75) is 6.92 Å². The van der Waals surface area contributed by atoms with E-state index >= 15 is 0 Å². The fraction of sp³-hybridized carbons (Fsp3) is 0.188. The predicted molar refractivity (Wildman–Crippen MR) is 77.4 cm³/mol. The van der Waals surface area contributed by atoms with Gasteiger partial charge in [-0.1, -0.05) is 6.07 Å². The highest BCUT2D eigenvalue weighted by molar-refractivity contribution is 6.34. The third kappa shape index (κ3) is 3.06. The number of carbonyl (C=O) groups is 3. The maximum atomic E-state index is 12.1. The number of hydrogen-bond donors (Lipinski definition) is 0. The summed E-state index contributed by atoms with van der Waals surface area (Å²) >= 11 is 0. The first-order valence-electron chi connectivity index (χ1n) is 6.39. The largest absolute Gasteiger partial charge is 0.493 e. The Morgan fingerprint density at radius 1 is 0.955 bits per heavy atom. The van der Waals surface area contributed by atoms with Gasteiger partial charge in [-0.05, 0) is 17.7 Å². The van der Waals surface area contributed by atoms with E-state index in [0.29, 0.717) is 11.3 Å². The molecule has 6 nitrogen and oxygen atoms in total. The normalized spacial score (nSPS) is 14.1. The molecule has 0 spiro atoms.